The zero-order chi connectivity index (χ0) is 19.5. The van der Waals surface area contributed by atoms with Gasteiger partial charge in [0, 0.05) is 44.0 Å². The van der Waals surface area contributed by atoms with Crippen molar-refractivity contribution in [3.63, 3.8) is 0 Å². The van der Waals surface area contributed by atoms with Crippen LogP contribution in [0.2, 0.25) is 0 Å². The zero-order valence-corrected chi connectivity index (χ0v) is 16.4. The van der Waals surface area contributed by atoms with E-state index in [1.54, 1.807) is 0 Å². The Kier molecular flexibility index (Phi) is 5.44. The number of para-hydroxylation sites is 1. The molecule has 2 aliphatic heterocycles. The van der Waals surface area contributed by atoms with Crippen LogP contribution < -0.4 is 4.90 Å². The lowest BCUT2D eigenvalue weighted by atomic mass is 10.1. The van der Waals surface area contributed by atoms with E-state index >= 15 is 0 Å². The Balaban J connectivity index is 1.36. The van der Waals surface area contributed by atoms with Crippen molar-refractivity contribution < 1.29 is 9.59 Å². The van der Waals surface area contributed by atoms with Gasteiger partial charge in [-0.1, -0.05) is 35.9 Å². The Morgan fingerprint density at radius 1 is 0.929 bits per heavy atom. The van der Waals surface area contributed by atoms with Gasteiger partial charge in [-0.2, -0.15) is 0 Å². The third kappa shape index (κ3) is 3.94. The minimum absolute atomic E-state index is 0.0883. The van der Waals surface area contributed by atoms with Gasteiger partial charge in [0.1, 0.15) is 0 Å². The van der Waals surface area contributed by atoms with Gasteiger partial charge in [0.15, 0.2) is 0 Å². The highest BCUT2D eigenvalue weighted by Crippen LogP contribution is 2.27. The molecule has 0 bridgehead atoms. The highest BCUT2D eigenvalue weighted by Gasteiger charge is 2.27. The molecule has 0 N–H and O–H groups in total. The largest absolute Gasteiger partial charge is 0.337 e. The zero-order valence-electron chi connectivity index (χ0n) is 16.4. The first-order valence-corrected chi connectivity index (χ1v) is 10.1. The van der Waals surface area contributed by atoms with Gasteiger partial charge in [0.25, 0.3) is 5.91 Å². The standard InChI is InChI=1S/C23H27N3O2/c1-18-6-4-8-20(16-18)23(28)25-12-5-11-24(14-15-25)17-22(27)26-13-10-19-7-2-3-9-21(19)26/h2-4,6-9,16H,5,10-15,17H2,1H3. The highest BCUT2D eigenvalue weighted by molar-refractivity contribution is 5.97. The molecule has 0 aromatic heterocycles. The maximum Gasteiger partial charge on any atom is 0.253 e. The van der Waals surface area contributed by atoms with Gasteiger partial charge in [0.2, 0.25) is 5.91 Å². The number of benzene rings is 2. The molecule has 1 saturated heterocycles. The number of hydrogen-bond donors (Lipinski definition) is 0. The third-order valence-corrected chi connectivity index (χ3v) is 5.69. The monoisotopic (exact) mass is 377 g/mol. The van der Waals surface area contributed by atoms with Crippen LogP contribution in [-0.2, 0) is 11.2 Å². The van der Waals surface area contributed by atoms with Gasteiger partial charge < -0.3 is 9.80 Å². The molecule has 0 radical (unpaired) electrons. The molecule has 0 spiro atoms. The number of rotatable bonds is 3. The summed E-state index contributed by atoms with van der Waals surface area (Å²) < 4.78 is 0. The van der Waals surface area contributed by atoms with E-state index in [4.69, 9.17) is 0 Å². The van der Waals surface area contributed by atoms with Crippen molar-refractivity contribution in [2.75, 3.05) is 44.2 Å². The van der Waals surface area contributed by atoms with Crippen LogP contribution in [0.15, 0.2) is 48.5 Å². The van der Waals surface area contributed by atoms with Crippen molar-refractivity contribution >= 4 is 17.5 Å². The summed E-state index contributed by atoms with van der Waals surface area (Å²) in [5.41, 5.74) is 4.15. The van der Waals surface area contributed by atoms with E-state index in [9.17, 15) is 9.59 Å². The fourth-order valence-electron chi connectivity index (χ4n) is 4.17. The molecule has 2 amide bonds. The Bertz CT molecular complexity index is 880. The van der Waals surface area contributed by atoms with Crippen LogP contribution in [0.3, 0.4) is 0 Å². The Morgan fingerprint density at radius 2 is 1.79 bits per heavy atom. The predicted molar refractivity (Wildman–Crippen MR) is 111 cm³/mol. The second kappa shape index (κ2) is 8.15. The molecule has 0 aliphatic carbocycles. The summed E-state index contributed by atoms with van der Waals surface area (Å²) in [5, 5.41) is 0. The summed E-state index contributed by atoms with van der Waals surface area (Å²) in [6.07, 6.45) is 1.82. The molecule has 0 saturated carbocycles. The molecule has 0 unspecified atom stereocenters. The van der Waals surface area contributed by atoms with E-state index in [-0.39, 0.29) is 11.8 Å². The first-order chi connectivity index (χ1) is 13.6. The van der Waals surface area contributed by atoms with Gasteiger partial charge in [-0.3, -0.25) is 14.5 Å². The molecule has 4 rings (SSSR count). The molecule has 2 aromatic carbocycles. The van der Waals surface area contributed by atoms with E-state index in [0.29, 0.717) is 13.1 Å². The maximum atomic E-state index is 12.9. The van der Waals surface area contributed by atoms with Crippen molar-refractivity contribution in [1.82, 2.24) is 9.80 Å². The predicted octanol–water partition coefficient (Wildman–Crippen LogP) is 2.73. The number of nitrogens with zero attached hydrogens (tertiary/aromatic N) is 3. The van der Waals surface area contributed by atoms with Crippen molar-refractivity contribution in [2.45, 2.75) is 19.8 Å². The molecule has 2 heterocycles. The van der Waals surface area contributed by atoms with Crippen LogP contribution in [0.25, 0.3) is 0 Å². The van der Waals surface area contributed by atoms with Crippen molar-refractivity contribution in [2.24, 2.45) is 0 Å². The fraction of sp³-hybridized carbons (Fsp3) is 0.391. The van der Waals surface area contributed by atoms with E-state index in [1.165, 1.54) is 5.56 Å². The fourth-order valence-corrected chi connectivity index (χ4v) is 4.17. The first kappa shape index (κ1) is 18.7. The minimum atomic E-state index is 0.0883. The topological polar surface area (TPSA) is 43.9 Å². The molecule has 2 aliphatic rings. The van der Waals surface area contributed by atoms with E-state index in [1.807, 2.05) is 59.2 Å². The number of amides is 2. The third-order valence-electron chi connectivity index (χ3n) is 5.69. The molecular formula is C23H27N3O2. The van der Waals surface area contributed by atoms with E-state index in [0.717, 1.165) is 55.8 Å². The summed E-state index contributed by atoms with van der Waals surface area (Å²) in [5.74, 6) is 0.244. The lowest BCUT2D eigenvalue weighted by molar-refractivity contribution is -0.119. The molecule has 28 heavy (non-hydrogen) atoms. The molecule has 146 valence electrons. The Hall–Kier alpha value is -2.66. The molecule has 1 fully saturated rings. The SMILES string of the molecule is Cc1cccc(C(=O)N2CCCN(CC(=O)N3CCc4ccccc43)CC2)c1. The van der Waals surface area contributed by atoms with Crippen LogP contribution in [0.5, 0.6) is 0 Å². The quantitative estimate of drug-likeness (QED) is 0.826. The number of aryl methyl sites for hydroxylation is 1. The van der Waals surface area contributed by atoms with Crippen LogP contribution in [0.4, 0.5) is 5.69 Å². The van der Waals surface area contributed by atoms with Crippen LogP contribution >= 0.6 is 0 Å². The number of carbonyl (C=O) groups excluding carboxylic acids is 2. The van der Waals surface area contributed by atoms with Crippen LogP contribution in [0, 0.1) is 6.92 Å². The van der Waals surface area contributed by atoms with Crippen molar-refractivity contribution in [3.05, 3.63) is 65.2 Å². The Labute approximate surface area is 166 Å². The smallest absolute Gasteiger partial charge is 0.253 e. The Morgan fingerprint density at radius 3 is 2.64 bits per heavy atom. The van der Waals surface area contributed by atoms with Gasteiger partial charge in [-0.05, 0) is 43.5 Å². The molecular weight excluding hydrogens is 350 g/mol. The second-order valence-electron chi connectivity index (χ2n) is 7.72. The highest BCUT2D eigenvalue weighted by atomic mass is 16.2. The summed E-state index contributed by atoms with van der Waals surface area (Å²) in [7, 11) is 0. The van der Waals surface area contributed by atoms with Crippen LogP contribution in [-0.4, -0.2) is 60.9 Å². The summed E-state index contributed by atoms with van der Waals surface area (Å²) >= 11 is 0. The van der Waals surface area contributed by atoms with E-state index < -0.39 is 0 Å². The van der Waals surface area contributed by atoms with Crippen LogP contribution in [0.1, 0.15) is 27.9 Å². The molecule has 5 heteroatoms. The number of carbonyl (C=O) groups is 2. The number of anilines is 1. The molecule has 2 aromatic rings. The average Bonchev–Trinajstić information content (AvgIpc) is 3.00. The molecule has 0 atom stereocenters. The average molecular weight is 377 g/mol. The second-order valence-corrected chi connectivity index (χ2v) is 7.72. The summed E-state index contributed by atoms with van der Waals surface area (Å²) in [6.45, 7) is 6.17. The first-order valence-electron chi connectivity index (χ1n) is 10.1. The maximum absolute atomic E-state index is 12.9. The number of hydrogen-bond acceptors (Lipinski definition) is 3. The van der Waals surface area contributed by atoms with Gasteiger partial charge in [-0.25, -0.2) is 0 Å². The van der Waals surface area contributed by atoms with Crippen molar-refractivity contribution in [1.29, 1.82) is 0 Å². The lowest BCUT2D eigenvalue weighted by Crippen LogP contribution is -2.41. The van der Waals surface area contributed by atoms with E-state index in [2.05, 4.69) is 11.0 Å². The summed E-state index contributed by atoms with van der Waals surface area (Å²) in [4.78, 5) is 31.7. The van der Waals surface area contributed by atoms with Gasteiger partial charge in [0.05, 0.1) is 6.54 Å². The minimum Gasteiger partial charge on any atom is -0.337 e. The summed E-state index contributed by atoms with van der Waals surface area (Å²) in [6, 6.07) is 15.9. The van der Waals surface area contributed by atoms with Crippen molar-refractivity contribution in [3.8, 4) is 0 Å². The normalized spacial score (nSPS) is 17.3. The van der Waals surface area contributed by atoms with Gasteiger partial charge >= 0.3 is 0 Å². The van der Waals surface area contributed by atoms with Gasteiger partial charge in [-0.15, -0.1) is 0 Å². The number of fused-ring (bicyclic) bond motifs is 1. The molecule has 5 nitrogen and oxygen atoms in total. The lowest BCUT2D eigenvalue weighted by Gasteiger charge is -2.24.